The Labute approximate surface area is 191 Å². The van der Waals surface area contributed by atoms with Crippen molar-refractivity contribution in [2.24, 2.45) is 0 Å². The molecule has 1 aromatic carbocycles. The molecule has 5 rings (SSSR count). The van der Waals surface area contributed by atoms with E-state index in [2.05, 4.69) is 28.0 Å². The Bertz CT molecular complexity index is 820. The number of morpholine rings is 1. The number of nitrogens with zero attached hydrogens (tertiary/aromatic N) is 3. The molecule has 0 atom stereocenters. The van der Waals surface area contributed by atoms with E-state index in [1.165, 1.54) is 44.9 Å². The summed E-state index contributed by atoms with van der Waals surface area (Å²) < 4.78 is 5.50. The van der Waals surface area contributed by atoms with Gasteiger partial charge in [-0.1, -0.05) is 38.2 Å². The van der Waals surface area contributed by atoms with Gasteiger partial charge in [0.2, 0.25) is 5.78 Å². The molecule has 3 heterocycles. The zero-order valence-electron chi connectivity index (χ0n) is 19.3. The second-order valence-electron chi connectivity index (χ2n) is 9.95. The smallest absolute Gasteiger partial charge is 0.294 e. The number of piperidine rings is 1. The Morgan fingerprint density at radius 3 is 2.19 bits per heavy atom. The van der Waals surface area contributed by atoms with Gasteiger partial charge in [0.05, 0.1) is 18.9 Å². The lowest BCUT2D eigenvalue weighted by Gasteiger charge is -2.43. The quantitative estimate of drug-likeness (QED) is 0.674. The predicted octanol–water partition coefficient (Wildman–Crippen LogP) is 3.56. The zero-order valence-corrected chi connectivity index (χ0v) is 19.3. The molecule has 2 saturated heterocycles. The third-order valence-electron chi connectivity index (χ3n) is 7.97. The lowest BCUT2D eigenvalue weighted by Crippen LogP contribution is -2.53. The molecular weight excluding hydrogens is 402 g/mol. The van der Waals surface area contributed by atoms with Crippen LogP contribution in [0.25, 0.3) is 0 Å². The van der Waals surface area contributed by atoms with E-state index in [0.717, 1.165) is 69.2 Å². The molecule has 6 heteroatoms. The summed E-state index contributed by atoms with van der Waals surface area (Å²) in [4.78, 5) is 32.5. The SMILES string of the molecule is O=C1Cc2ccc(N3CCOCC3)cc2N(C2CCN(C3CCCCCCC3)CC2)C1=O. The molecule has 1 aromatic rings. The molecular formula is C26H37N3O3. The van der Waals surface area contributed by atoms with Crippen LogP contribution in [0.4, 0.5) is 11.4 Å². The van der Waals surface area contributed by atoms with Crippen LogP contribution in [0.2, 0.25) is 0 Å². The molecule has 174 valence electrons. The number of carbonyl (C=O) groups excluding carboxylic acids is 2. The van der Waals surface area contributed by atoms with Gasteiger partial charge in [0.15, 0.2) is 0 Å². The van der Waals surface area contributed by atoms with Gasteiger partial charge in [-0.05, 0) is 43.4 Å². The molecule has 0 bridgehead atoms. The molecule has 0 spiro atoms. The number of hydrogen-bond donors (Lipinski definition) is 0. The molecule has 6 nitrogen and oxygen atoms in total. The number of Topliss-reactive ketones (excluding diaryl/α,β-unsaturated/α-hetero) is 1. The van der Waals surface area contributed by atoms with Gasteiger partial charge in [0.25, 0.3) is 5.91 Å². The van der Waals surface area contributed by atoms with Gasteiger partial charge < -0.3 is 19.4 Å². The summed E-state index contributed by atoms with van der Waals surface area (Å²) in [5.74, 6) is -0.569. The predicted molar refractivity (Wildman–Crippen MR) is 126 cm³/mol. The van der Waals surface area contributed by atoms with E-state index in [4.69, 9.17) is 4.74 Å². The second-order valence-corrected chi connectivity index (χ2v) is 9.95. The van der Waals surface area contributed by atoms with Crippen molar-refractivity contribution in [2.45, 2.75) is 76.3 Å². The molecule has 3 aliphatic heterocycles. The van der Waals surface area contributed by atoms with Crippen LogP contribution in [0.3, 0.4) is 0 Å². The van der Waals surface area contributed by atoms with Crippen molar-refractivity contribution < 1.29 is 14.3 Å². The van der Waals surface area contributed by atoms with Crippen LogP contribution in [0.15, 0.2) is 18.2 Å². The molecule has 1 aliphatic carbocycles. The van der Waals surface area contributed by atoms with Crippen LogP contribution < -0.4 is 9.80 Å². The number of likely N-dealkylation sites (tertiary alicyclic amines) is 1. The number of benzene rings is 1. The van der Waals surface area contributed by atoms with Crippen molar-refractivity contribution in [3.05, 3.63) is 23.8 Å². The highest BCUT2D eigenvalue weighted by Gasteiger charge is 2.38. The van der Waals surface area contributed by atoms with E-state index < -0.39 is 0 Å². The van der Waals surface area contributed by atoms with E-state index in [1.54, 1.807) is 0 Å². The average molecular weight is 440 g/mol. The van der Waals surface area contributed by atoms with E-state index in [0.29, 0.717) is 6.04 Å². The molecule has 32 heavy (non-hydrogen) atoms. The first kappa shape index (κ1) is 21.9. The van der Waals surface area contributed by atoms with Crippen molar-refractivity contribution in [2.75, 3.05) is 49.2 Å². The van der Waals surface area contributed by atoms with Gasteiger partial charge in [0.1, 0.15) is 0 Å². The first-order chi connectivity index (χ1) is 15.7. The van der Waals surface area contributed by atoms with Gasteiger partial charge in [0, 0.05) is 50.4 Å². The molecule has 1 amide bonds. The largest absolute Gasteiger partial charge is 0.378 e. The normalized spacial score (nSPS) is 24.9. The third-order valence-corrected chi connectivity index (χ3v) is 7.97. The summed E-state index contributed by atoms with van der Waals surface area (Å²) in [5.41, 5.74) is 3.09. The molecule has 0 N–H and O–H groups in total. The van der Waals surface area contributed by atoms with Gasteiger partial charge in [-0.3, -0.25) is 9.59 Å². The van der Waals surface area contributed by atoms with E-state index in [-0.39, 0.29) is 24.2 Å². The Kier molecular flexibility index (Phi) is 6.79. The van der Waals surface area contributed by atoms with E-state index >= 15 is 0 Å². The molecule has 4 aliphatic rings. The fourth-order valence-corrected chi connectivity index (χ4v) is 6.11. The number of fused-ring (bicyclic) bond motifs is 1. The van der Waals surface area contributed by atoms with Crippen LogP contribution in [0.1, 0.15) is 63.4 Å². The van der Waals surface area contributed by atoms with Gasteiger partial charge in [-0.2, -0.15) is 0 Å². The van der Waals surface area contributed by atoms with Crippen molar-refractivity contribution >= 4 is 23.1 Å². The topological polar surface area (TPSA) is 53.1 Å². The molecule has 1 saturated carbocycles. The lowest BCUT2D eigenvalue weighted by molar-refractivity contribution is -0.136. The fraction of sp³-hybridized carbons (Fsp3) is 0.692. The number of ketones is 1. The Balaban J connectivity index is 1.32. The summed E-state index contributed by atoms with van der Waals surface area (Å²) in [6.45, 7) is 5.27. The Morgan fingerprint density at radius 1 is 0.781 bits per heavy atom. The highest BCUT2D eigenvalue weighted by Crippen LogP contribution is 2.35. The fourth-order valence-electron chi connectivity index (χ4n) is 6.11. The van der Waals surface area contributed by atoms with Crippen LogP contribution in [0.5, 0.6) is 0 Å². The van der Waals surface area contributed by atoms with Gasteiger partial charge in [-0.25, -0.2) is 0 Å². The summed E-state index contributed by atoms with van der Waals surface area (Å²) >= 11 is 0. The average Bonchev–Trinajstić information content (AvgIpc) is 2.80. The Morgan fingerprint density at radius 2 is 1.47 bits per heavy atom. The number of anilines is 2. The molecule has 0 unspecified atom stereocenters. The minimum atomic E-state index is -0.305. The zero-order chi connectivity index (χ0) is 21.9. The van der Waals surface area contributed by atoms with Crippen molar-refractivity contribution in [3.63, 3.8) is 0 Å². The first-order valence-electron chi connectivity index (χ1n) is 12.8. The van der Waals surface area contributed by atoms with Crippen LogP contribution >= 0.6 is 0 Å². The first-order valence-corrected chi connectivity index (χ1v) is 12.8. The molecule has 0 radical (unpaired) electrons. The monoisotopic (exact) mass is 439 g/mol. The summed E-state index contributed by atoms with van der Waals surface area (Å²) in [6, 6.07) is 7.13. The summed E-state index contributed by atoms with van der Waals surface area (Å²) in [5, 5.41) is 0. The van der Waals surface area contributed by atoms with Gasteiger partial charge >= 0.3 is 0 Å². The lowest BCUT2D eigenvalue weighted by atomic mass is 9.91. The maximum Gasteiger partial charge on any atom is 0.294 e. The van der Waals surface area contributed by atoms with Crippen molar-refractivity contribution in [3.8, 4) is 0 Å². The highest BCUT2D eigenvalue weighted by molar-refractivity contribution is 6.43. The maximum atomic E-state index is 13.1. The molecule has 0 aromatic heterocycles. The minimum Gasteiger partial charge on any atom is -0.378 e. The number of amides is 1. The van der Waals surface area contributed by atoms with Crippen LogP contribution in [0, 0.1) is 0 Å². The second kappa shape index (κ2) is 9.92. The van der Waals surface area contributed by atoms with Gasteiger partial charge in [-0.15, -0.1) is 0 Å². The number of carbonyl (C=O) groups is 2. The number of ether oxygens (including phenoxy) is 1. The standard InChI is InChI=1S/C26H37N3O3/c30-25-18-20-8-9-23(28-14-16-32-17-15-28)19-24(20)29(26(25)31)22-10-12-27(13-11-22)21-6-4-2-1-3-5-7-21/h8-9,19,21-22H,1-7,10-18H2. The van der Waals surface area contributed by atoms with Crippen molar-refractivity contribution in [1.29, 1.82) is 0 Å². The third kappa shape index (κ3) is 4.58. The number of rotatable bonds is 3. The minimum absolute atomic E-state index is 0.121. The summed E-state index contributed by atoms with van der Waals surface area (Å²) in [6.07, 6.45) is 11.6. The summed E-state index contributed by atoms with van der Waals surface area (Å²) in [7, 11) is 0. The van der Waals surface area contributed by atoms with E-state index in [1.807, 2.05) is 4.90 Å². The number of hydrogen-bond acceptors (Lipinski definition) is 5. The van der Waals surface area contributed by atoms with E-state index in [9.17, 15) is 9.59 Å². The highest BCUT2D eigenvalue weighted by atomic mass is 16.5. The van der Waals surface area contributed by atoms with Crippen LogP contribution in [-0.2, 0) is 20.7 Å². The maximum absolute atomic E-state index is 13.1. The Hall–Kier alpha value is -1.92. The van der Waals surface area contributed by atoms with Crippen molar-refractivity contribution in [1.82, 2.24) is 4.90 Å². The van der Waals surface area contributed by atoms with Crippen LogP contribution in [-0.4, -0.2) is 68.1 Å². The molecule has 3 fully saturated rings.